The number of anilines is 4. The molecule has 0 spiro atoms. The Morgan fingerprint density at radius 1 is 0.543 bits per heavy atom. The number of ether oxygens (including phenoxy) is 2. The number of para-hydroxylation sites is 4. The van der Waals surface area contributed by atoms with E-state index in [1.165, 1.54) is 12.1 Å². The maximum atomic E-state index is 12.9. The van der Waals surface area contributed by atoms with E-state index in [0.717, 1.165) is 33.6 Å². The first-order chi connectivity index (χ1) is 21.8. The zero-order valence-electron chi connectivity index (χ0n) is 25.1. The number of benzene rings is 5. The van der Waals surface area contributed by atoms with Crippen LogP contribution >= 0.6 is 0 Å². The van der Waals surface area contributed by atoms with Crippen molar-refractivity contribution >= 4 is 22.7 Å². The van der Waals surface area contributed by atoms with Gasteiger partial charge in [-0.3, -0.25) is 0 Å². The minimum atomic E-state index is -4.42. The van der Waals surface area contributed by atoms with Crippen LogP contribution in [0.3, 0.4) is 0 Å². The van der Waals surface area contributed by atoms with E-state index in [1.807, 2.05) is 91.5 Å². The van der Waals surface area contributed by atoms with Crippen LogP contribution in [-0.4, -0.2) is 25.6 Å². The van der Waals surface area contributed by atoms with E-state index in [1.54, 1.807) is 36.4 Å². The smallest absolute Gasteiger partial charge is 0.422 e. The van der Waals surface area contributed by atoms with E-state index in [0.29, 0.717) is 5.69 Å². The fraction of sp³-hybridized carbons (Fsp3) is 0.167. The number of hydrogen-bond donors (Lipinski definition) is 1. The van der Waals surface area contributed by atoms with Gasteiger partial charge in [-0.1, -0.05) is 72.8 Å². The minimum absolute atomic E-state index is 0.0554. The van der Waals surface area contributed by atoms with Gasteiger partial charge in [0.2, 0.25) is 0 Å². The molecule has 5 rings (SSSR count). The van der Waals surface area contributed by atoms with E-state index in [4.69, 9.17) is 10.5 Å². The van der Waals surface area contributed by atoms with Gasteiger partial charge in [0.25, 0.3) is 0 Å². The molecule has 0 atom stereocenters. The lowest BCUT2D eigenvalue weighted by Crippen LogP contribution is -2.20. The highest BCUT2D eigenvalue weighted by molar-refractivity contribution is 5.81. The highest BCUT2D eigenvalue weighted by Gasteiger charge is 2.30. The molecule has 0 aliphatic rings. The van der Waals surface area contributed by atoms with E-state index in [-0.39, 0.29) is 17.2 Å². The summed E-state index contributed by atoms with van der Waals surface area (Å²) in [6.07, 6.45) is -8.75. The van der Waals surface area contributed by atoms with Crippen LogP contribution in [0, 0.1) is 13.8 Å². The Hall–Kier alpha value is -5.12. The molecule has 2 N–H and O–H groups in total. The third-order valence-corrected chi connectivity index (χ3v) is 6.79. The van der Waals surface area contributed by atoms with Crippen LogP contribution < -0.4 is 20.1 Å². The summed E-state index contributed by atoms with van der Waals surface area (Å²) in [5.74, 6) is 0.222. The molecule has 0 heterocycles. The van der Waals surface area contributed by atoms with Crippen LogP contribution in [0.15, 0.2) is 121 Å². The maximum absolute atomic E-state index is 12.9. The Morgan fingerprint density at radius 2 is 1.04 bits per heavy atom. The normalized spacial score (nSPS) is 11.3. The van der Waals surface area contributed by atoms with E-state index >= 15 is 0 Å². The number of rotatable bonds is 8. The largest absolute Gasteiger partial charge is 0.482 e. The second-order valence-electron chi connectivity index (χ2n) is 10.3. The lowest BCUT2D eigenvalue weighted by molar-refractivity contribution is -0.154. The number of nitrogens with zero attached hydrogens (tertiary/aromatic N) is 1. The van der Waals surface area contributed by atoms with Gasteiger partial charge in [-0.15, -0.1) is 0 Å². The number of hydrogen-bond acceptors (Lipinski definition) is 4. The Labute approximate surface area is 263 Å². The predicted molar refractivity (Wildman–Crippen MR) is 170 cm³/mol. The summed E-state index contributed by atoms with van der Waals surface area (Å²) < 4.78 is 83.4. The molecule has 0 aliphatic carbocycles. The first-order valence-corrected chi connectivity index (χ1v) is 14.2. The van der Waals surface area contributed by atoms with Crippen molar-refractivity contribution in [2.24, 2.45) is 0 Å². The lowest BCUT2D eigenvalue weighted by Gasteiger charge is -2.28. The molecule has 0 radical (unpaired) electrons. The standard InChI is InChI=1S/C28H24F3NO.C8H8F3NO/c1-20-12-15-25(18-21(20)2)32(26-10-6-7-11-27(26)33-19-28(29,30)31)24-16-13-23(14-17-24)22-8-4-3-5-9-22;9-8(10,11)5-13-7-4-2-1-3-6(7)12/h3-18H,19H2,1-2H3;1-4H,5,12H2. The Bertz CT molecular complexity index is 1710. The molecule has 0 fully saturated rings. The van der Waals surface area contributed by atoms with Gasteiger partial charge in [-0.05, 0) is 84.6 Å². The Kier molecular flexibility index (Phi) is 10.8. The molecule has 0 amide bonds. The van der Waals surface area contributed by atoms with Gasteiger partial charge < -0.3 is 20.1 Å². The van der Waals surface area contributed by atoms with Crippen molar-refractivity contribution in [3.8, 4) is 22.6 Å². The molecule has 0 unspecified atom stereocenters. The van der Waals surface area contributed by atoms with Crippen molar-refractivity contribution in [3.05, 3.63) is 132 Å². The highest BCUT2D eigenvalue weighted by atomic mass is 19.4. The van der Waals surface area contributed by atoms with Crippen LogP contribution in [-0.2, 0) is 0 Å². The van der Waals surface area contributed by atoms with Crippen molar-refractivity contribution in [3.63, 3.8) is 0 Å². The second-order valence-corrected chi connectivity index (χ2v) is 10.3. The van der Waals surface area contributed by atoms with Crippen molar-refractivity contribution in [1.29, 1.82) is 0 Å². The maximum Gasteiger partial charge on any atom is 0.422 e. The van der Waals surface area contributed by atoms with Crippen LogP contribution in [0.25, 0.3) is 11.1 Å². The van der Waals surface area contributed by atoms with Gasteiger partial charge in [-0.25, -0.2) is 0 Å². The number of aryl methyl sites for hydroxylation is 2. The summed E-state index contributed by atoms with van der Waals surface area (Å²) in [6, 6.07) is 36.8. The summed E-state index contributed by atoms with van der Waals surface area (Å²) in [5.41, 5.74) is 12.1. The van der Waals surface area contributed by atoms with Gasteiger partial charge in [0.05, 0.1) is 11.4 Å². The average molecular weight is 639 g/mol. The Morgan fingerprint density at radius 3 is 1.63 bits per heavy atom. The topological polar surface area (TPSA) is 47.7 Å². The highest BCUT2D eigenvalue weighted by Crippen LogP contribution is 2.41. The summed E-state index contributed by atoms with van der Waals surface area (Å²) in [4.78, 5) is 1.92. The second kappa shape index (κ2) is 14.8. The van der Waals surface area contributed by atoms with Gasteiger partial charge in [0, 0.05) is 11.4 Å². The molecule has 5 aromatic carbocycles. The van der Waals surface area contributed by atoms with E-state index in [9.17, 15) is 26.3 Å². The molecule has 46 heavy (non-hydrogen) atoms. The third-order valence-electron chi connectivity index (χ3n) is 6.79. The van der Waals surface area contributed by atoms with Crippen LogP contribution in [0.1, 0.15) is 11.1 Å². The summed E-state index contributed by atoms with van der Waals surface area (Å²) in [7, 11) is 0. The van der Waals surface area contributed by atoms with Crippen molar-refractivity contribution in [2.75, 3.05) is 23.8 Å². The summed E-state index contributed by atoms with van der Waals surface area (Å²) >= 11 is 0. The molecule has 0 saturated heterocycles. The van der Waals surface area contributed by atoms with Gasteiger partial charge in [0.1, 0.15) is 11.5 Å². The van der Waals surface area contributed by atoms with Crippen molar-refractivity contribution in [2.45, 2.75) is 26.2 Å². The predicted octanol–water partition coefficient (Wildman–Crippen LogP) is 10.6. The van der Waals surface area contributed by atoms with Crippen LogP contribution in [0.4, 0.5) is 49.1 Å². The first kappa shape index (κ1) is 33.8. The molecule has 4 nitrogen and oxygen atoms in total. The fourth-order valence-corrected chi connectivity index (χ4v) is 4.42. The minimum Gasteiger partial charge on any atom is -0.482 e. The number of halogens is 6. The third kappa shape index (κ3) is 9.69. The monoisotopic (exact) mass is 638 g/mol. The molecule has 10 heteroatoms. The molecular formula is C36H32F6N2O2. The van der Waals surface area contributed by atoms with Gasteiger partial charge in [-0.2, -0.15) is 26.3 Å². The lowest BCUT2D eigenvalue weighted by atomic mass is 10.0. The number of nitrogens with two attached hydrogens (primary N) is 1. The molecule has 5 aromatic rings. The zero-order chi connectivity index (χ0) is 33.3. The molecule has 0 aromatic heterocycles. The van der Waals surface area contributed by atoms with Crippen LogP contribution in [0.5, 0.6) is 11.5 Å². The SMILES string of the molecule is Cc1ccc(N(c2ccc(-c3ccccc3)cc2)c2ccccc2OCC(F)(F)F)cc1C.Nc1ccccc1OCC(F)(F)F. The van der Waals surface area contributed by atoms with Gasteiger partial charge in [0.15, 0.2) is 13.2 Å². The van der Waals surface area contributed by atoms with Crippen LogP contribution in [0.2, 0.25) is 0 Å². The molecular weight excluding hydrogens is 606 g/mol. The molecule has 0 aliphatic heterocycles. The fourth-order valence-electron chi connectivity index (χ4n) is 4.42. The quantitative estimate of drug-likeness (QED) is 0.136. The molecule has 0 saturated carbocycles. The first-order valence-electron chi connectivity index (χ1n) is 14.2. The summed E-state index contributed by atoms with van der Waals surface area (Å²) in [6.45, 7) is 1.37. The van der Waals surface area contributed by atoms with Crippen molar-refractivity contribution in [1.82, 2.24) is 0 Å². The molecule has 240 valence electrons. The number of nitrogen functional groups attached to an aromatic ring is 1. The van der Waals surface area contributed by atoms with E-state index < -0.39 is 25.6 Å². The summed E-state index contributed by atoms with van der Waals surface area (Å²) in [5, 5.41) is 0. The molecule has 0 bridgehead atoms. The van der Waals surface area contributed by atoms with Gasteiger partial charge >= 0.3 is 12.4 Å². The van der Waals surface area contributed by atoms with E-state index in [2.05, 4.69) is 4.74 Å². The Balaban J connectivity index is 0.000000310. The van der Waals surface area contributed by atoms with Crippen molar-refractivity contribution < 1.29 is 35.8 Å². The zero-order valence-corrected chi connectivity index (χ0v) is 25.1. The average Bonchev–Trinajstić information content (AvgIpc) is 3.02. The number of alkyl halides is 6.